The van der Waals surface area contributed by atoms with E-state index >= 15 is 0 Å². The van der Waals surface area contributed by atoms with Gasteiger partial charge in [-0.2, -0.15) is 0 Å². The highest BCUT2D eigenvalue weighted by Gasteiger charge is 2.07. The summed E-state index contributed by atoms with van der Waals surface area (Å²) in [5.74, 6) is 0. The Labute approximate surface area is 136 Å². The number of fused-ring (bicyclic) bond motifs is 1. The van der Waals surface area contributed by atoms with Crippen molar-refractivity contribution in [2.24, 2.45) is 0 Å². The number of rotatable bonds is 4. The standard InChI is InChI=1S/C20H21NO2/c1-4-15-7-8-17-16(11-20(22)23-19(17)10-15)12-21-18-9-13(2)5-6-14(18)3/h5-11,21H,4,12H2,1-3H3. The zero-order valence-corrected chi connectivity index (χ0v) is 13.8. The second-order valence-electron chi connectivity index (χ2n) is 5.95. The van der Waals surface area contributed by atoms with E-state index in [9.17, 15) is 4.79 Å². The largest absolute Gasteiger partial charge is 0.423 e. The summed E-state index contributed by atoms with van der Waals surface area (Å²) in [4.78, 5) is 11.8. The fraction of sp³-hybridized carbons (Fsp3) is 0.250. The highest BCUT2D eigenvalue weighted by molar-refractivity contribution is 5.81. The average Bonchev–Trinajstić information content (AvgIpc) is 2.54. The molecule has 118 valence electrons. The van der Waals surface area contributed by atoms with Gasteiger partial charge in [-0.3, -0.25) is 0 Å². The predicted molar refractivity (Wildman–Crippen MR) is 95.1 cm³/mol. The van der Waals surface area contributed by atoms with Crippen LogP contribution < -0.4 is 10.9 Å². The van der Waals surface area contributed by atoms with Gasteiger partial charge in [0.05, 0.1) is 0 Å². The van der Waals surface area contributed by atoms with Gasteiger partial charge in [0.1, 0.15) is 5.58 Å². The topological polar surface area (TPSA) is 42.2 Å². The summed E-state index contributed by atoms with van der Waals surface area (Å²) in [6.07, 6.45) is 0.921. The maximum Gasteiger partial charge on any atom is 0.336 e. The fourth-order valence-corrected chi connectivity index (χ4v) is 2.76. The first-order chi connectivity index (χ1) is 11.1. The smallest absolute Gasteiger partial charge is 0.336 e. The van der Waals surface area contributed by atoms with Crippen molar-refractivity contribution in [1.82, 2.24) is 0 Å². The van der Waals surface area contributed by atoms with Gasteiger partial charge in [0.2, 0.25) is 0 Å². The molecule has 3 rings (SSSR count). The van der Waals surface area contributed by atoms with Gasteiger partial charge in [-0.05, 0) is 54.7 Å². The summed E-state index contributed by atoms with van der Waals surface area (Å²) in [6.45, 7) is 6.83. The van der Waals surface area contributed by atoms with Gasteiger partial charge in [-0.25, -0.2) is 4.79 Å². The Balaban J connectivity index is 1.96. The molecule has 0 saturated carbocycles. The van der Waals surface area contributed by atoms with Crippen LogP contribution in [0.25, 0.3) is 11.0 Å². The van der Waals surface area contributed by atoms with Crippen LogP contribution in [0.4, 0.5) is 5.69 Å². The van der Waals surface area contributed by atoms with Gasteiger partial charge in [0.25, 0.3) is 0 Å². The lowest BCUT2D eigenvalue weighted by Gasteiger charge is -2.12. The van der Waals surface area contributed by atoms with E-state index in [0.717, 1.165) is 23.1 Å². The van der Waals surface area contributed by atoms with E-state index in [1.807, 2.05) is 12.1 Å². The number of benzene rings is 2. The van der Waals surface area contributed by atoms with Gasteiger partial charge in [0, 0.05) is 23.7 Å². The number of hydrogen-bond acceptors (Lipinski definition) is 3. The Morgan fingerprint density at radius 2 is 1.87 bits per heavy atom. The Kier molecular flexibility index (Phi) is 4.20. The molecule has 0 aliphatic rings. The van der Waals surface area contributed by atoms with Crippen molar-refractivity contribution < 1.29 is 4.42 Å². The SMILES string of the molecule is CCc1ccc2c(CNc3cc(C)ccc3C)cc(=O)oc2c1. The molecule has 0 aliphatic carbocycles. The molecule has 1 heterocycles. The molecule has 3 aromatic rings. The maximum absolute atomic E-state index is 11.8. The molecule has 0 bridgehead atoms. The summed E-state index contributed by atoms with van der Waals surface area (Å²) < 4.78 is 5.36. The molecule has 0 aliphatic heterocycles. The van der Waals surface area contributed by atoms with E-state index in [1.54, 1.807) is 6.07 Å². The zero-order valence-electron chi connectivity index (χ0n) is 13.8. The fourth-order valence-electron chi connectivity index (χ4n) is 2.76. The molecule has 0 spiro atoms. The Hall–Kier alpha value is -2.55. The quantitative estimate of drug-likeness (QED) is 0.717. The number of nitrogens with one attached hydrogen (secondary N) is 1. The highest BCUT2D eigenvalue weighted by atomic mass is 16.4. The van der Waals surface area contributed by atoms with Crippen molar-refractivity contribution in [2.45, 2.75) is 33.7 Å². The van der Waals surface area contributed by atoms with Gasteiger partial charge in [0.15, 0.2) is 0 Å². The lowest BCUT2D eigenvalue weighted by molar-refractivity contribution is 0.559. The second-order valence-corrected chi connectivity index (χ2v) is 5.95. The van der Waals surface area contributed by atoms with Crippen LogP contribution in [0.3, 0.4) is 0 Å². The van der Waals surface area contributed by atoms with Crippen LogP contribution in [0.5, 0.6) is 0 Å². The molecule has 0 unspecified atom stereocenters. The van der Waals surface area contributed by atoms with Gasteiger partial charge >= 0.3 is 5.63 Å². The van der Waals surface area contributed by atoms with Gasteiger partial charge in [-0.15, -0.1) is 0 Å². The molecule has 2 aromatic carbocycles. The van der Waals surface area contributed by atoms with Crippen molar-refractivity contribution in [3.05, 3.63) is 75.1 Å². The third-order valence-electron chi connectivity index (χ3n) is 4.17. The van der Waals surface area contributed by atoms with E-state index < -0.39 is 0 Å². The lowest BCUT2D eigenvalue weighted by Crippen LogP contribution is -2.06. The monoisotopic (exact) mass is 307 g/mol. The van der Waals surface area contributed by atoms with Crippen molar-refractivity contribution in [1.29, 1.82) is 0 Å². The van der Waals surface area contributed by atoms with E-state index in [1.165, 1.54) is 16.7 Å². The van der Waals surface area contributed by atoms with Crippen molar-refractivity contribution >= 4 is 16.7 Å². The molecule has 1 N–H and O–H groups in total. The second kappa shape index (κ2) is 6.29. The third-order valence-corrected chi connectivity index (χ3v) is 4.17. The summed E-state index contributed by atoms with van der Waals surface area (Å²) in [5.41, 5.74) is 5.98. The van der Waals surface area contributed by atoms with Gasteiger partial charge in [-0.1, -0.05) is 31.2 Å². The maximum atomic E-state index is 11.8. The van der Waals surface area contributed by atoms with Crippen molar-refractivity contribution in [3.63, 3.8) is 0 Å². The van der Waals surface area contributed by atoms with E-state index in [4.69, 9.17) is 4.42 Å². The first-order valence-corrected chi connectivity index (χ1v) is 7.93. The van der Waals surface area contributed by atoms with Crippen LogP contribution in [-0.2, 0) is 13.0 Å². The molecule has 0 atom stereocenters. The molecular formula is C20H21NO2. The molecule has 0 radical (unpaired) electrons. The van der Waals surface area contributed by atoms with Gasteiger partial charge < -0.3 is 9.73 Å². The highest BCUT2D eigenvalue weighted by Crippen LogP contribution is 2.22. The first-order valence-electron chi connectivity index (χ1n) is 7.93. The van der Waals surface area contributed by atoms with E-state index in [0.29, 0.717) is 12.1 Å². The van der Waals surface area contributed by atoms with Crippen molar-refractivity contribution in [2.75, 3.05) is 5.32 Å². The molecule has 1 aromatic heterocycles. The third kappa shape index (κ3) is 3.29. The van der Waals surface area contributed by atoms with E-state index in [-0.39, 0.29) is 5.63 Å². The molecule has 3 heteroatoms. The van der Waals surface area contributed by atoms with Crippen LogP contribution in [0.2, 0.25) is 0 Å². The molecule has 0 saturated heterocycles. The minimum absolute atomic E-state index is 0.302. The Bertz CT molecular complexity index is 909. The summed E-state index contributed by atoms with van der Waals surface area (Å²) in [5, 5.41) is 4.42. The minimum Gasteiger partial charge on any atom is -0.423 e. The average molecular weight is 307 g/mol. The van der Waals surface area contributed by atoms with Crippen LogP contribution >= 0.6 is 0 Å². The van der Waals surface area contributed by atoms with Crippen LogP contribution in [0.15, 0.2) is 51.7 Å². The Morgan fingerprint density at radius 3 is 2.65 bits per heavy atom. The summed E-state index contributed by atoms with van der Waals surface area (Å²) in [6, 6.07) is 14.0. The van der Waals surface area contributed by atoms with Crippen LogP contribution in [0, 0.1) is 13.8 Å². The first kappa shape index (κ1) is 15.3. The normalized spacial score (nSPS) is 10.9. The van der Waals surface area contributed by atoms with E-state index in [2.05, 4.69) is 50.4 Å². The zero-order chi connectivity index (χ0) is 16.4. The minimum atomic E-state index is -0.302. The van der Waals surface area contributed by atoms with Crippen LogP contribution in [-0.4, -0.2) is 0 Å². The number of hydrogen-bond donors (Lipinski definition) is 1. The summed E-state index contributed by atoms with van der Waals surface area (Å²) >= 11 is 0. The number of anilines is 1. The molecule has 0 fully saturated rings. The molecule has 23 heavy (non-hydrogen) atoms. The molecular weight excluding hydrogens is 286 g/mol. The van der Waals surface area contributed by atoms with Crippen molar-refractivity contribution in [3.8, 4) is 0 Å². The Morgan fingerprint density at radius 1 is 1.04 bits per heavy atom. The molecule has 0 amide bonds. The predicted octanol–water partition coefficient (Wildman–Crippen LogP) is 4.58. The van der Waals surface area contributed by atoms with Crippen LogP contribution in [0.1, 0.15) is 29.2 Å². The molecule has 3 nitrogen and oxygen atoms in total. The number of aryl methyl sites for hydroxylation is 3. The summed E-state index contributed by atoms with van der Waals surface area (Å²) in [7, 11) is 0. The lowest BCUT2D eigenvalue weighted by atomic mass is 10.1.